The van der Waals surface area contributed by atoms with E-state index in [2.05, 4.69) is 23.3 Å². The lowest BCUT2D eigenvalue weighted by molar-refractivity contribution is -0.128. The molecule has 0 saturated heterocycles. The van der Waals surface area contributed by atoms with Gasteiger partial charge >= 0.3 is 0 Å². The second-order valence-corrected chi connectivity index (χ2v) is 6.20. The van der Waals surface area contributed by atoms with Crippen LogP contribution < -0.4 is 5.32 Å². The minimum atomic E-state index is 0.0452. The number of fused-ring (bicyclic) bond motifs is 1. The van der Waals surface area contributed by atoms with Crippen molar-refractivity contribution in [3.8, 4) is 11.3 Å². The summed E-state index contributed by atoms with van der Waals surface area (Å²) in [5, 5.41) is 4.11. The highest BCUT2D eigenvalue weighted by Crippen LogP contribution is 2.27. The van der Waals surface area contributed by atoms with E-state index in [1.54, 1.807) is 4.90 Å². The molecule has 0 radical (unpaired) electrons. The van der Waals surface area contributed by atoms with Crippen molar-refractivity contribution in [2.24, 2.45) is 0 Å². The first-order chi connectivity index (χ1) is 12.6. The van der Waals surface area contributed by atoms with Crippen LogP contribution in [0.1, 0.15) is 19.4 Å². The highest BCUT2D eigenvalue weighted by atomic mass is 16.2. The van der Waals surface area contributed by atoms with Crippen LogP contribution in [0.3, 0.4) is 0 Å². The number of hydrogen-bond acceptors (Lipinski definition) is 4. The average Bonchev–Trinajstić information content (AvgIpc) is 2.67. The Kier molecular flexibility index (Phi) is 5.46. The molecule has 1 heterocycles. The van der Waals surface area contributed by atoms with Crippen LogP contribution in [-0.4, -0.2) is 40.4 Å². The third kappa shape index (κ3) is 3.82. The molecule has 3 aromatic rings. The van der Waals surface area contributed by atoms with E-state index < -0.39 is 0 Å². The zero-order valence-corrected chi connectivity index (χ0v) is 15.5. The molecule has 0 atom stereocenters. The van der Waals surface area contributed by atoms with Crippen LogP contribution in [0.4, 0.5) is 5.95 Å². The summed E-state index contributed by atoms with van der Waals surface area (Å²) in [5.74, 6) is 0.518. The molecule has 5 nitrogen and oxygen atoms in total. The number of nitrogens with zero attached hydrogens (tertiary/aromatic N) is 3. The van der Waals surface area contributed by atoms with Crippen LogP contribution in [-0.2, 0) is 4.79 Å². The fraction of sp³-hybridized carbons (Fsp3) is 0.286. The standard InChI is InChI=1S/C21H24N4O/c1-4-25(5-2)19(26)14-22-21-23-18-12-11-15(3)13-17(18)20(24-21)16-9-7-6-8-10-16/h6-13H,4-5,14H2,1-3H3,(H,22,23,24). The Morgan fingerprint density at radius 1 is 1.04 bits per heavy atom. The van der Waals surface area contributed by atoms with Gasteiger partial charge in [-0.1, -0.05) is 42.0 Å². The first-order valence-electron chi connectivity index (χ1n) is 8.97. The summed E-state index contributed by atoms with van der Waals surface area (Å²) >= 11 is 0. The van der Waals surface area contributed by atoms with Crippen molar-refractivity contribution in [3.05, 3.63) is 54.1 Å². The third-order valence-electron chi connectivity index (χ3n) is 4.41. The van der Waals surface area contributed by atoms with Crippen molar-refractivity contribution < 1.29 is 4.79 Å². The van der Waals surface area contributed by atoms with Gasteiger partial charge in [0.15, 0.2) is 0 Å². The monoisotopic (exact) mass is 348 g/mol. The van der Waals surface area contributed by atoms with E-state index in [9.17, 15) is 4.79 Å². The predicted octanol–water partition coefficient (Wildman–Crippen LogP) is 3.89. The van der Waals surface area contributed by atoms with Gasteiger partial charge in [-0.05, 0) is 32.9 Å². The predicted molar refractivity (Wildman–Crippen MR) is 106 cm³/mol. The molecule has 0 fully saturated rings. The fourth-order valence-electron chi connectivity index (χ4n) is 2.98. The van der Waals surface area contributed by atoms with E-state index in [-0.39, 0.29) is 12.5 Å². The van der Waals surface area contributed by atoms with E-state index in [0.717, 1.165) is 27.7 Å². The van der Waals surface area contributed by atoms with Crippen molar-refractivity contribution >= 4 is 22.8 Å². The molecule has 3 rings (SSSR count). The number of nitrogens with one attached hydrogen (secondary N) is 1. The Bertz CT molecular complexity index is 905. The molecule has 1 amide bonds. The molecule has 0 bridgehead atoms. The number of rotatable bonds is 6. The number of likely N-dealkylation sites (N-methyl/N-ethyl adjacent to an activating group) is 1. The number of aryl methyl sites for hydroxylation is 1. The Balaban J connectivity index is 1.97. The maximum absolute atomic E-state index is 12.2. The molecule has 0 unspecified atom stereocenters. The topological polar surface area (TPSA) is 58.1 Å². The summed E-state index contributed by atoms with van der Waals surface area (Å²) < 4.78 is 0. The molecule has 0 aliphatic heterocycles. The van der Waals surface area contributed by atoms with Crippen molar-refractivity contribution in [3.63, 3.8) is 0 Å². The van der Waals surface area contributed by atoms with Gasteiger partial charge in [0.2, 0.25) is 11.9 Å². The number of aromatic nitrogens is 2. The minimum Gasteiger partial charge on any atom is -0.345 e. The van der Waals surface area contributed by atoms with E-state index in [4.69, 9.17) is 4.98 Å². The molecule has 0 aliphatic carbocycles. The Labute approximate surface area is 154 Å². The molecule has 26 heavy (non-hydrogen) atoms. The average molecular weight is 348 g/mol. The van der Waals surface area contributed by atoms with Crippen LogP contribution in [0, 0.1) is 6.92 Å². The Hall–Kier alpha value is -2.95. The number of carbonyl (C=O) groups excluding carboxylic acids is 1. The van der Waals surface area contributed by atoms with Crippen molar-refractivity contribution in [2.75, 3.05) is 25.0 Å². The molecule has 1 N–H and O–H groups in total. The lowest BCUT2D eigenvalue weighted by Crippen LogP contribution is -2.35. The SMILES string of the molecule is CCN(CC)C(=O)CNc1nc(-c2ccccc2)c2cc(C)ccc2n1. The Morgan fingerprint density at radius 3 is 2.46 bits per heavy atom. The van der Waals surface area contributed by atoms with Gasteiger partial charge in [0.25, 0.3) is 0 Å². The van der Waals surface area contributed by atoms with E-state index in [1.807, 2.05) is 56.3 Å². The summed E-state index contributed by atoms with van der Waals surface area (Å²) in [6.07, 6.45) is 0. The highest BCUT2D eigenvalue weighted by molar-refractivity contribution is 5.93. The molecular formula is C21H24N4O. The van der Waals surface area contributed by atoms with Crippen molar-refractivity contribution in [2.45, 2.75) is 20.8 Å². The van der Waals surface area contributed by atoms with Crippen LogP contribution in [0.15, 0.2) is 48.5 Å². The van der Waals surface area contributed by atoms with E-state index >= 15 is 0 Å². The first-order valence-corrected chi connectivity index (χ1v) is 8.97. The zero-order valence-electron chi connectivity index (χ0n) is 15.5. The van der Waals surface area contributed by atoms with E-state index in [1.165, 1.54) is 0 Å². The minimum absolute atomic E-state index is 0.0452. The zero-order chi connectivity index (χ0) is 18.5. The van der Waals surface area contributed by atoms with Gasteiger partial charge < -0.3 is 10.2 Å². The number of carbonyl (C=O) groups is 1. The van der Waals surface area contributed by atoms with Crippen LogP contribution in [0.5, 0.6) is 0 Å². The second kappa shape index (κ2) is 7.95. The van der Waals surface area contributed by atoms with Crippen molar-refractivity contribution in [1.29, 1.82) is 0 Å². The molecule has 1 aromatic heterocycles. The maximum atomic E-state index is 12.2. The van der Waals surface area contributed by atoms with Gasteiger partial charge in [0.05, 0.1) is 17.8 Å². The summed E-state index contributed by atoms with van der Waals surface area (Å²) in [5.41, 5.74) is 3.93. The number of amides is 1. The molecule has 5 heteroatoms. The lowest BCUT2D eigenvalue weighted by atomic mass is 10.0. The molecular weight excluding hydrogens is 324 g/mol. The number of hydrogen-bond donors (Lipinski definition) is 1. The first kappa shape index (κ1) is 17.9. The molecule has 0 saturated carbocycles. The fourth-order valence-corrected chi connectivity index (χ4v) is 2.98. The molecule has 134 valence electrons. The summed E-state index contributed by atoms with van der Waals surface area (Å²) in [7, 11) is 0. The Morgan fingerprint density at radius 2 is 1.77 bits per heavy atom. The van der Waals surface area contributed by atoms with Crippen LogP contribution >= 0.6 is 0 Å². The summed E-state index contributed by atoms with van der Waals surface area (Å²) in [6, 6.07) is 16.2. The molecule has 2 aromatic carbocycles. The third-order valence-corrected chi connectivity index (χ3v) is 4.41. The smallest absolute Gasteiger partial charge is 0.241 e. The van der Waals surface area contributed by atoms with Gasteiger partial charge in [-0.3, -0.25) is 4.79 Å². The van der Waals surface area contributed by atoms with Gasteiger partial charge in [-0.15, -0.1) is 0 Å². The van der Waals surface area contributed by atoms with Gasteiger partial charge in [-0.25, -0.2) is 9.97 Å². The summed E-state index contributed by atoms with van der Waals surface area (Å²) in [4.78, 5) is 23.3. The molecule has 0 aliphatic rings. The lowest BCUT2D eigenvalue weighted by Gasteiger charge is -2.19. The van der Waals surface area contributed by atoms with Gasteiger partial charge in [0, 0.05) is 24.0 Å². The molecule has 0 spiro atoms. The van der Waals surface area contributed by atoms with Crippen LogP contribution in [0.25, 0.3) is 22.2 Å². The maximum Gasteiger partial charge on any atom is 0.241 e. The van der Waals surface area contributed by atoms with Gasteiger partial charge in [-0.2, -0.15) is 0 Å². The van der Waals surface area contributed by atoms with Crippen LogP contribution in [0.2, 0.25) is 0 Å². The van der Waals surface area contributed by atoms with Crippen molar-refractivity contribution in [1.82, 2.24) is 14.9 Å². The normalized spacial score (nSPS) is 10.7. The largest absolute Gasteiger partial charge is 0.345 e. The number of benzene rings is 2. The number of anilines is 1. The highest BCUT2D eigenvalue weighted by Gasteiger charge is 2.13. The quantitative estimate of drug-likeness (QED) is 0.734. The summed E-state index contributed by atoms with van der Waals surface area (Å²) in [6.45, 7) is 7.60. The van der Waals surface area contributed by atoms with E-state index in [0.29, 0.717) is 19.0 Å². The second-order valence-electron chi connectivity index (χ2n) is 6.20. The van der Waals surface area contributed by atoms with Gasteiger partial charge in [0.1, 0.15) is 0 Å².